The molecule has 0 aliphatic rings. The van der Waals surface area contributed by atoms with E-state index in [4.69, 9.17) is 16.2 Å². The van der Waals surface area contributed by atoms with Crippen molar-refractivity contribution >= 4 is 17.8 Å². The first kappa shape index (κ1) is 15.6. The van der Waals surface area contributed by atoms with Gasteiger partial charge in [0.2, 0.25) is 5.91 Å². The van der Waals surface area contributed by atoms with E-state index in [0.29, 0.717) is 0 Å². The standard InChI is InChI=1S/C13H17N3O4/c14-10(6-12(15)18)11(17)7-16-13(19)20-8-9-4-2-1-3-5-9/h1-5,10H,6-8,14H2,(H2,15,18)(H,16,19)/t10-/m0/s1. The number of ketones is 1. The van der Waals surface area contributed by atoms with Crippen molar-refractivity contribution in [2.45, 2.75) is 19.1 Å². The maximum atomic E-state index is 11.5. The van der Waals surface area contributed by atoms with E-state index >= 15 is 0 Å². The van der Waals surface area contributed by atoms with Crippen LogP contribution in [0.2, 0.25) is 0 Å². The smallest absolute Gasteiger partial charge is 0.407 e. The van der Waals surface area contributed by atoms with Crippen LogP contribution in [0.4, 0.5) is 4.79 Å². The molecule has 20 heavy (non-hydrogen) atoms. The van der Waals surface area contributed by atoms with Crippen molar-refractivity contribution in [3.8, 4) is 0 Å². The minimum Gasteiger partial charge on any atom is -0.445 e. The molecular weight excluding hydrogens is 262 g/mol. The maximum Gasteiger partial charge on any atom is 0.407 e. The Morgan fingerprint density at radius 3 is 2.45 bits per heavy atom. The first-order valence-corrected chi connectivity index (χ1v) is 6.00. The summed E-state index contributed by atoms with van der Waals surface area (Å²) >= 11 is 0. The lowest BCUT2D eigenvalue weighted by Crippen LogP contribution is -2.41. The van der Waals surface area contributed by atoms with Gasteiger partial charge in [0.25, 0.3) is 0 Å². The van der Waals surface area contributed by atoms with E-state index in [-0.39, 0.29) is 19.6 Å². The van der Waals surface area contributed by atoms with Gasteiger partial charge in [-0.1, -0.05) is 30.3 Å². The molecule has 0 radical (unpaired) electrons. The number of Topliss-reactive ketones (excluding diaryl/α,β-unsaturated/α-hetero) is 1. The number of nitrogens with two attached hydrogens (primary N) is 2. The molecule has 1 atom stereocenters. The molecule has 0 bridgehead atoms. The number of alkyl carbamates (subject to hydrolysis) is 1. The summed E-state index contributed by atoms with van der Waals surface area (Å²) in [5.41, 5.74) is 11.2. The average molecular weight is 279 g/mol. The highest BCUT2D eigenvalue weighted by Crippen LogP contribution is 2.00. The van der Waals surface area contributed by atoms with E-state index in [9.17, 15) is 14.4 Å². The SMILES string of the molecule is NC(=O)C[C@H](N)C(=O)CNC(=O)OCc1ccccc1. The molecular formula is C13H17N3O4. The quantitative estimate of drug-likeness (QED) is 0.631. The predicted molar refractivity (Wildman–Crippen MR) is 71.4 cm³/mol. The Hall–Kier alpha value is -2.41. The van der Waals surface area contributed by atoms with Crippen molar-refractivity contribution in [1.29, 1.82) is 0 Å². The minimum absolute atomic E-state index is 0.105. The molecule has 0 spiro atoms. The summed E-state index contributed by atoms with van der Waals surface area (Å²) in [6.07, 6.45) is -0.979. The fourth-order valence-corrected chi connectivity index (χ4v) is 1.40. The fraction of sp³-hybridized carbons (Fsp3) is 0.308. The van der Waals surface area contributed by atoms with Crippen LogP contribution in [0.1, 0.15) is 12.0 Å². The van der Waals surface area contributed by atoms with Crippen molar-refractivity contribution < 1.29 is 19.1 Å². The number of carbonyl (C=O) groups excluding carboxylic acids is 3. The van der Waals surface area contributed by atoms with Crippen molar-refractivity contribution in [3.63, 3.8) is 0 Å². The third kappa shape index (κ3) is 5.96. The first-order valence-electron chi connectivity index (χ1n) is 6.00. The molecule has 0 aliphatic heterocycles. The molecule has 1 aromatic carbocycles. The molecule has 0 aliphatic carbocycles. The Morgan fingerprint density at radius 2 is 1.85 bits per heavy atom. The first-order chi connectivity index (χ1) is 9.49. The van der Waals surface area contributed by atoms with Gasteiger partial charge in [-0.3, -0.25) is 9.59 Å². The summed E-state index contributed by atoms with van der Waals surface area (Å²) in [5, 5.41) is 2.26. The molecule has 1 rings (SSSR count). The number of hydrogen-bond donors (Lipinski definition) is 3. The Balaban J connectivity index is 2.26. The Morgan fingerprint density at radius 1 is 1.20 bits per heavy atom. The summed E-state index contributed by atoms with van der Waals surface area (Å²) in [5.74, 6) is -1.15. The maximum absolute atomic E-state index is 11.5. The predicted octanol–water partition coefficient (Wildman–Crippen LogP) is -0.315. The summed E-state index contributed by atoms with van der Waals surface area (Å²) in [6.45, 7) is -0.198. The third-order valence-corrected chi connectivity index (χ3v) is 2.45. The zero-order chi connectivity index (χ0) is 15.0. The molecule has 0 fully saturated rings. The Bertz CT molecular complexity index is 476. The van der Waals surface area contributed by atoms with E-state index in [2.05, 4.69) is 5.32 Å². The molecule has 5 N–H and O–H groups in total. The van der Waals surface area contributed by atoms with Gasteiger partial charge in [0.1, 0.15) is 6.61 Å². The summed E-state index contributed by atoms with van der Waals surface area (Å²) in [4.78, 5) is 33.4. The van der Waals surface area contributed by atoms with Crippen molar-refractivity contribution in [2.24, 2.45) is 11.5 Å². The molecule has 0 aromatic heterocycles. The van der Waals surface area contributed by atoms with Crippen LogP contribution < -0.4 is 16.8 Å². The van der Waals surface area contributed by atoms with Crippen molar-refractivity contribution in [2.75, 3.05) is 6.54 Å². The highest BCUT2D eigenvalue weighted by atomic mass is 16.5. The normalized spacial score (nSPS) is 11.4. The summed E-state index contributed by atoms with van der Waals surface area (Å²) in [7, 11) is 0. The summed E-state index contributed by atoms with van der Waals surface area (Å²) in [6, 6.07) is 8.10. The van der Waals surface area contributed by atoms with Crippen LogP contribution in [0.25, 0.3) is 0 Å². The van der Waals surface area contributed by atoms with Crippen LogP contribution in [0, 0.1) is 0 Å². The van der Waals surface area contributed by atoms with E-state index in [1.165, 1.54) is 0 Å². The van der Waals surface area contributed by atoms with Crippen molar-refractivity contribution in [3.05, 3.63) is 35.9 Å². The molecule has 0 saturated carbocycles. The van der Waals surface area contributed by atoms with Gasteiger partial charge in [-0.05, 0) is 5.56 Å². The zero-order valence-electron chi connectivity index (χ0n) is 10.9. The van der Waals surface area contributed by atoms with Crippen LogP contribution >= 0.6 is 0 Å². The van der Waals surface area contributed by atoms with E-state index in [1.54, 1.807) is 12.1 Å². The number of nitrogens with one attached hydrogen (secondary N) is 1. The lowest BCUT2D eigenvalue weighted by atomic mass is 10.1. The second-order valence-electron chi connectivity index (χ2n) is 4.16. The second kappa shape index (κ2) is 7.90. The number of benzene rings is 1. The van der Waals surface area contributed by atoms with Gasteiger partial charge in [-0.15, -0.1) is 0 Å². The molecule has 2 amide bonds. The number of carbonyl (C=O) groups is 3. The van der Waals surface area contributed by atoms with E-state index < -0.39 is 23.8 Å². The van der Waals surface area contributed by atoms with Crippen LogP contribution in [0.15, 0.2) is 30.3 Å². The number of amides is 2. The van der Waals surface area contributed by atoms with Crippen LogP contribution in [-0.4, -0.2) is 30.4 Å². The highest BCUT2D eigenvalue weighted by molar-refractivity contribution is 5.91. The Kier molecular flexibility index (Phi) is 6.18. The lowest BCUT2D eigenvalue weighted by molar-refractivity contribution is -0.124. The minimum atomic E-state index is -1.01. The van der Waals surface area contributed by atoms with E-state index in [0.717, 1.165) is 5.56 Å². The molecule has 0 heterocycles. The monoisotopic (exact) mass is 279 g/mol. The molecule has 7 nitrogen and oxygen atoms in total. The fourth-order valence-electron chi connectivity index (χ4n) is 1.40. The Labute approximate surface area is 116 Å². The second-order valence-corrected chi connectivity index (χ2v) is 4.16. The third-order valence-electron chi connectivity index (χ3n) is 2.45. The summed E-state index contributed by atoms with van der Waals surface area (Å²) < 4.78 is 4.90. The van der Waals surface area contributed by atoms with Gasteiger partial charge in [-0.2, -0.15) is 0 Å². The largest absolute Gasteiger partial charge is 0.445 e. The van der Waals surface area contributed by atoms with E-state index in [1.807, 2.05) is 18.2 Å². The average Bonchev–Trinajstić information content (AvgIpc) is 2.42. The zero-order valence-corrected chi connectivity index (χ0v) is 10.9. The van der Waals surface area contributed by atoms with Gasteiger partial charge in [0.15, 0.2) is 5.78 Å². The van der Waals surface area contributed by atoms with Crippen LogP contribution in [0.3, 0.4) is 0 Å². The van der Waals surface area contributed by atoms with Gasteiger partial charge >= 0.3 is 6.09 Å². The number of ether oxygens (including phenoxy) is 1. The van der Waals surface area contributed by atoms with Gasteiger partial charge in [-0.25, -0.2) is 4.79 Å². The number of hydrogen-bond acceptors (Lipinski definition) is 5. The molecule has 1 aromatic rings. The topological polar surface area (TPSA) is 125 Å². The van der Waals surface area contributed by atoms with Gasteiger partial charge in [0, 0.05) is 6.42 Å². The van der Waals surface area contributed by atoms with Gasteiger partial charge in [0.05, 0.1) is 12.6 Å². The number of rotatable bonds is 7. The van der Waals surface area contributed by atoms with Crippen LogP contribution in [0.5, 0.6) is 0 Å². The van der Waals surface area contributed by atoms with Gasteiger partial charge < -0.3 is 21.5 Å². The molecule has 0 unspecified atom stereocenters. The van der Waals surface area contributed by atoms with Crippen molar-refractivity contribution in [1.82, 2.24) is 5.32 Å². The molecule has 7 heteroatoms. The van der Waals surface area contributed by atoms with Crippen LogP contribution in [-0.2, 0) is 20.9 Å². The highest BCUT2D eigenvalue weighted by Gasteiger charge is 2.16. The number of primary amides is 1. The molecule has 108 valence electrons. The molecule has 0 saturated heterocycles. The lowest BCUT2D eigenvalue weighted by Gasteiger charge is -2.10.